The summed E-state index contributed by atoms with van der Waals surface area (Å²) in [6.07, 6.45) is 1.69. The molecule has 0 N–H and O–H groups in total. The molecule has 1 unspecified atom stereocenters. The summed E-state index contributed by atoms with van der Waals surface area (Å²) in [5.74, 6) is 0.213. The number of amides is 1. The van der Waals surface area contributed by atoms with Crippen molar-refractivity contribution in [1.29, 1.82) is 0 Å². The van der Waals surface area contributed by atoms with Gasteiger partial charge in [-0.2, -0.15) is 5.10 Å². The van der Waals surface area contributed by atoms with Gasteiger partial charge in [-0.1, -0.05) is 23.9 Å². The predicted octanol–water partition coefficient (Wildman–Crippen LogP) is 4.12. The van der Waals surface area contributed by atoms with Crippen LogP contribution < -0.4 is 10.5 Å². The molecule has 0 radical (unpaired) electrons. The van der Waals surface area contributed by atoms with E-state index < -0.39 is 0 Å². The van der Waals surface area contributed by atoms with Gasteiger partial charge in [0.25, 0.3) is 5.56 Å². The molecule has 7 nitrogen and oxygen atoms in total. The van der Waals surface area contributed by atoms with Gasteiger partial charge in [-0.25, -0.2) is 14.1 Å². The number of carbonyl (C=O) groups is 1. The van der Waals surface area contributed by atoms with Crippen molar-refractivity contribution >= 4 is 34.4 Å². The van der Waals surface area contributed by atoms with Gasteiger partial charge in [0.1, 0.15) is 11.2 Å². The van der Waals surface area contributed by atoms with E-state index in [0.717, 1.165) is 11.3 Å². The number of hydrogen-bond acceptors (Lipinski definition) is 5. The molecule has 0 bridgehead atoms. The van der Waals surface area contributed by atoms with E-state index in [1.165, 1.54) is 34.8 Å². The van der Waals surface area contributed by atoms with Gasteiger partial charge in [-0.3, -0.25) is 14.2 Å². The SMILES string of the molecule is CCN(C(=O)CC1CSc2nc3c(cnn3-c3ccc(F)cc3)c(=O)n21)c1cccc(C)c1. The Morgan fingerprint density at radius 1 is 1.24 bits per heavy atom. The summed E-state index contributed by atoms with van der Waals surface area (Å²) < 4.78 is 16.5. The predicted molar refractivity (Wildman–Crippen MR) is 127 cm³/mol. The van der Waals surface area contributed by atoms with Gasteiger partial charge in [0.2, 0.25) is 5.91 Å². The van der Waals surface area contributed by atoms with Gasteiger partial charge in [0.15, 0.2) is 10.8 Å². The standard InChI is InChI=1S/C24H22FN5O2S/c1-3-28(18-6-4-5-15(2)11-18)21(31)12-19-14-33-24-27-22-20(23(32)29(19)24)13-26-30(22)17-9-7-16(25)8-10-17/h4-11,13,19H,3,12,14H2,1-2H3. The van der Waals surface area contributed by atoms with Crippen LogP contribution >= 0.6 is 11.8 Å². The Morgan fingerprint density at radius 2 is 2.03 bits per heavy atom. The molecule has 1 amide bonds. The lowest BCUT2D eigenvalue weighted by molar-refractivity contribution is -0.119. The van der Waals surface area contributed by atoms with Crippen LogP contribution in [-0.4, -0.2) is 37.5 Å². The van der Waals surface area contributed by atoms with Gasteiger partial charge in [-0.15, -0.1) is 0 Å². The lowest BCUT2D eigenvalue weighted by atomic mass is 10.1. The van der Waals surface area contributed by atoms with Crippen LogP contribution in [0.4, 0.5) is 10.1 Å². The third kappa shape index (κ3) is 3.82. The molecule has 3 heterocycles. The Balaban J connectivity index is 1.47. The fraction of sp³-hybridized carbons (Fsp3) is 0.250. The van der Waals surface area contributed by atoms with Crippen LogP contribution in [0.3, 0.4) is 0 Å². The van der Waals surface area contributed by atoms with Crippen LogP contribution in [0.5, 0.6) is 0 Å². The first-order valence-electron chi connectivity index (χ1n) is 10.7. The fourth-order valence-corrected chi connectivity index (χ4v) is 5.29. The van der Waals surface area contributed by atoms with Crippen molar-refractivity contribution in [3.05, 3.63) is 76.5 Å². The second-order valence-corrected chi connectivity index (χ2v) is 8.97. The lowest BCUT2D eigenvalue weighted by Gasteiger charge is -2.23. The van der Waals surface area contributed by atoms with E-state index >= 15 is 0 Å². The van der Waals surface area contributed by atoms with Crippen molar-refractivity contribution in [2.24, 2.45) is 0 Å². The van der Waals surface area contributed by atoms with Crippen molar-refractivity contribution in [2.75, 3.05) is 17.2 Å². The number of anilines is 1. The summed E-state index contributed by atoms with van der Waals surface area (Å²) in [5, 5.41) is 5.24. The third-order valence-electron chi connectivity index (χ3n) is 5.78. The summed E-state index contributed by atoms with van der Waals surface area (Å²) >= 11 is 1.45. The average molecular weight is 464 g/mol. The molecule has 1 aliphatic heterocycles. The first-order chi connectivity index (χ1) is 16.0. The van der Waals surface area contributed by atoms with Crippen molar-refractivity contribution in [3.8, 4) is 5.69 Å². The molecule has 1 aliphatic rings. The highest BCUT2D eigenvalue weighted by Gasteiger charge is 2.31. The molecule has 1 atom stereocenters. The quantitative estimate of drug-likeness (QED) is 0.417. The Morgan fingerprint density at radius 3 is 2.76 bits per heavy atom. The number of aryl methyl sites for hydroxylation is 1. The van der Waals surface area contributed by atoms with Crippen LogP contribution in [0.25, 0.3) is 16.7 Å². The Labute approximate surface area is 193 Å². The molecule has 33 heavy (non-hydrogen) atoms. The molecule has 0 saturated heterocycles. The second kappa shape index (κ2) is 8.47. The van der Waals surface area contributed by atoms with E-state index in [4.69, 9.17) is 0 Å². The zero-order valence-corrected chi connectivity index (χ0v) is 19.1. The zero-order valence-electron chi connectivity index (χ0n) is 18.2. The van der Waals surface area contributed by atoms with Crippen LogP contribution in [-0.2, 0) is 4.79 Å². The van der Waals surface area contributed by atoms with E-state index in [2.05, 4.69) is 10.1 Å². The summed E-state index contributed by atoms with van der Waals surface area (Å²) in [5.41, 5.74) is 2.77. The number of hydrogen-bond donors (Lipinski definition) is 0. The molecule has 4 aromatic rings. The highest BCUT2D eigenvalue weighted by Crippen LogP contribution is 2.34. The number of halogens is 1. The maximum Gasteiger partial charge on any atom is 0.265 e. The molecule has 0 aliphatic carbocycles. The second-order valence-electron chi connectivity index (χ2n) is 7.99. The minimum absolute atomic E-state index is 0.0319. The van der Waals surface area contributed by atoms with Crippen LogP contribution in [0.2, 0.25) is 0 Å². The van der Waals surface area contributed by atoms with Gasteiger partial charge in [-0.05, 0) is 55.8 Å². The number of benzene rings is 2. The number of thioether (sulfide) groups is 1. The molecule has 168 valence electrons. The van der Waals surface area contributed by atoms with Crippen LogP contribution in [0.1, 0.15) is 24.9 Å². The number of fused-ring (bicyclic) bond motifs is 2. The lowest BCUT2D eigenvalue weighted by Crippen LogP contribution is -2.34. The molecule has 0 fully saturated rings. The summed E-state index contributed by atoms with van der Waals surface area (Å²) in [6.45, 7) is 4.48. The van der Waals surface area contributed by atoms with Crippen LogP contribution in [0, 0.1) is 12.7 Å². The largest absolute Gasteiger partial charge is 0.313 e. The van der Waals surface area contributed by atoms with Crippen molar-refractivity contribution in [1.82, 2.24) is 19.3 Å². The Hall–Kier alpha value is -3.46. The number of carbonyl (C=O) groups excluding carboxylic acids is 1. The number of aromatic nitrogens is 4. The molecule has 5 rings (SSSR count). The maximum atomic E-state index is 13.3. The number of nitrogens with zero attached hydrogens (tertiary/aromatic N) is 5. The normalized spacial score (nSPS) is 15.1. The van der Waals surface area contributed by atoms with E-state index in [9.17, 15) is 14.0 Å². The third-order valence-corrected chi connectivity index (χ3v) is 6.88. The monoisotopic (exact) mass is 463 g/mol. The van der Waals surface area contributed by atoms with Gasteiger partial charge < -0.3 is 4.90 Å². The van der Waals surface area contributed by atoms with Crippen molar-refractivity contribution in [2.45, 2.75) is 31.5 Å². The van der Waals surface area contributed by atoms with Crippen molar-refractivity contribution in [3.63, 3.8) is 0 Å². The highest BCUT2D eigenvalue weighted by molar-refractivity contribution is 7.99. The minimum Gasteiger partial charge on any atom is -0.313 e. The minimum atomic E-state index is -0.348. The first kappa shape index (κ1) is 21.4. The molecule has 0 saturated carbocycles. The maximum absolute atomic E-state index is 13.3. The van der Waals surface area contributed by atoms with Crippen LogP contribution in [0.15, 0.2) is 64.7 Å². The summed E-state index contributed by atoms with van der Waals surface area (Å²) in [4.78, 5) is 32.9. The van der Waals surface area contributed by atoms with E-state index in [1.807, 2.05) is 38.1 Å². The summed E-state index contributed by atoms with van der Waals surface area (Å²) in [6, 6.07) is 13.4. The fourth-order valence-electron chi connectivity index (χ4n) is 4.16. The molecule has 0 spiro atoms. The van der Waals surface area contributed by atoms with Gasteiger partial charge in [0.05, 0.1) is 17.9 Å². The van der Waals surface area contributed by atoms with Gasteiger partial charge >= 0.3 is 0 Å². The topological polar surface area (TPSA) is 73.0 Å². The Bertz CT molecular complexity index is 1410. The number of rotatable bonds is 5. The van der Waals surface area contributed by atoms with Gasteiger partial charge in [0, 0.05) is 24.4 Å². The van der Waals surface area contributed by atoms with E-state index in [-0.39, 0.29) is 29.7 Å². The average Bonchev–Trinajstić information content (AvgIpc) is 3.40. The molecule has 2 aromatic carbocycles. The van der Waals surface area contributed by atoms with E-state index in [0.29, 0.717) is 34.2 Å². The Kier molecular flexibility index (Phi) is 5.49. The summed E-state index contributed by atoms with van der Waals surface area (Å²) in [7, 11) is 0. The van der Waals surface area contributed by atoms with Crippen molar-refractivity contribution < 1.29 is 9.18 Å². The highest BCUT2D eigenvalue weighted by atomic mass is 32.2. The molecule has 2 aromatic heterocycles. The molecule has 9 heteroatoms. The zero-order chi connectivity index (χ0) is 23.1. The molecular weight excluding hydrogens is 441 g/mol. The smallest absolute Gasteiger partial charge is 0.265 e. The molecular formula is C24H22FN5O2S. The van der Waals surface area contributed by atoms with E-state index in [1.54, 1.807) is 21.6 Å². The first-order valence-corrected chi connectivity index (χ1v) is 11.7.